The van der Waals surface area contributed by atoms with Crippen molar-refractivity contribution < 1.29 is 31.9 Å². The molecule has 1 aromatic carbocycles. The zero-order chi connectivity index (χ0) is 13.9. The van der Waals surface area contributed by atoms with Gasteiger partial charge in [0.2, 0.25) is 0 Å². The maximum Gasteiger partial charge on any atom is 0.331 e. The van der Waals surface area contributed by atoms with Gasteiger partial charge < -0.3 is 5.11 Å². The van der Waals surface area contributed by atoms with Crippen molar-refractivity contribution in [3.63, 3.8) is 0 Å². The first-order valence-corrected chi connectivity index (χ1v) is 6.51. The van der Waals surface area contributed by atoms with E-state index < -0.39 is 39.1 Å². The zero-order valence-electron chi connectivity index (χ0n) is 8.48. The number of sulfonamides is 1. The number of nitrogens with one attached hydrogen (secondary N) is 1. The van der Waals surface area contributed by atoms with Gasteiger partial charge in [-0.15, -0.1) is 0 Å². The predicted molar refractivity (Wildman–Crippen MR) is 58.0 cm³/mol. The summed E-state index contributed by atoms with van der Waals surface area (Å²) in [6.45, 7) is -0.945. The lowest BCUT2D eigenvalue weighted by Crippen LogP contribution is -2.28. The molecule has 10 heteroatoms. The Morgan fingerprint density at radius 1 is 1.44 bits per heavy atom. The molecule has 18 heavy (non-hydrogen) atoms. The Bertz CT molecular complexity index is 554. The molecule has 1 rings (SSSR count). The lowest BCUT2D eigenvalue weighted by molar-refractivity contribution is -0.143. The van der Waals surface area contributed by atoms with Crippen LogP contribution in [0, 0.1) is 11.6 Å². The van der Waals surface area contributed by atoms with Gasteiger partial charge in [-0.2, -0.15) is 0 Å². The van der Waals surface area contributed by atoms with Gasteiger partial charge in [-0.25, -0.2) is 22.0 Å². The van der Waals surface area contributed by atoms with Crippen molar-refractivity contribution >= 4 is 31.9 Å². The highest BCUT2D eigenvalue weighted by Gasteiger charge is 2.24. The number of hydrogen-bond acceptors (Lipinski definition) is 4. The van der Waals surface area contributed by atoms with Gasteiger partial charge in [0.25, 0.3) is 10.0 Å². The third-order valence-electron chi connectivity index (χ3n) is 1.60. The van der Waals surface area contributed by atoms with Crippen molar-refractivity contribution in [3.8, 4) is 0 Å². The molecule has 0 fully saturated rings. The highest BCUT2D eigenvalue weighted by molar-refractivity contribution is 9.10. The number of rotatable bonds is 5. The number of halogens is 3. The first-order chi connectivity index (χ1) is 8.24. The van der Waals surface area contributed by atoms with Crippen LogP contribution in [0.2, 0.25) is 0 Å². The van der Waals surface area contributed by atoms with Gasteiger partial charge in [0.15, 0.2) is 6.61 Å². The van der Waals surface area contributed by atoms with Gasteiger partial charge in [-0.05, 0) is 22.0 Å². The van der Waals surface area contributed by atoms with Crippen LogP contribution in [0.3, 0.4) is 0 Å². The molecule has 0 aliphatic heterocycles. The molecule has 0 heterocycles. The number of benzene rings is 1. The van der Waals surface area contributed by atoms with Crippen molar-refractivity contribution in [2.45, 2.75) is 4.90 Å². The van der Waals surface area contributed by atoms with E-state index in [4.69, 9.17) is 5.11 Å². The molecule has 2 N–H and O–H groups in total. The first kappa shape index (κ1) is 15.0. The summed E-state index contributed by atoms with van der Waals surface area (Å²) in [5.41, 5.74) is 0. The smallest absolute Gasteiger partial charge is 0.331 e. The summed E-state index contributed by atoms with van der Waals surface area (Å²) < 4.78 is 48.8. The maximum absolute atomic E-state index is 13.3. The summed E-state index contributed by atoms with van der Waals surface area (Å²) in [5, 5.41) is 8.23. The third kappa shape index (κ3) is 3.70. The minimum atomic E-state index is -4.46. The second kappa shape index (κ2) is 5.69. The number of hydrogen-bond donors (Lipinski definition) is 2. The Morgan fingerprint density at radius 2 is 2.06 bits per heavy atom. The largest absolute Gasteiger partial charge is 0.479 e. The number of carboxylic acids is 1. The molecule has 0 unspecified atom stereocenters. The molecule has 0 amide bonds. The molecule has 0 saturated carbocycles. The van der Waals surface area contributed by atoms with Crippen LogP contribution in [0.5, 0.6) is 0 Å². The van der Waals surface area contributed by atoms with Crippen LogP contribution in [0.25, 0.3) is 0 Å². The Kier molecular flexibility index (Phi) is 4.73. The van der Waals surface area contributed by atoms with Gasteiger partial charge in [-0.1, -0.05) is 4.89 Å². The standard InChI is InChI=1S/C8H6BrF2NO5S/c9-5-1-4(10)2-6(11)8(5)18(15,16)12-17-3-7(13)14/h1-2,12H,3H2,(H,13,14). The summed E-state index contributed by atoms with van der Waals surface area (Å²) >= 11 is 2.68. The Morgan fingerprint density at radius 3 is 2.56 bits per heavy atom. The first-order valence-electron chi connectivity index (χ1n) is 4.24. The molecule has 0 atom stereocenters. The SMILES string of the molecule is O=C(O)CONS(=O)(=O)c1c(F)cc(F)cc1Br. The summed E-state index contributed by atoms with van der Waals surface area (Å²) in [6.07, 6.45) is 0. The Labute approximate surface area is 109 Å². The van der Waals surface area contributed by atoms with Crippen LogP contribution < -0.4 is 4.89 Å². The Balaban J connectivity index is 3.02. The average Bonchev–Trinajstić information content (AvgIpc) is 2.13. The molecular formula is C8H6BrF2NO5S. The van der Waals surface area contributed by atoms with Gasteiger partial charge in [0.05, 0.1) is 0 Å². The van der Waals surface area contributed by atoms with E-state index >= 15 is 0 Å². The number of aliphatic carboxylic acids is 1. The lowest BCUT2D eigenvalue weighted by atomic mass is 10.3. The van der Waals surface area contributed by atoms with Crippen LogP contribution in [0.15, 0.2) is 21.5 Å². The monoisotopic (exact) mass is 345 g/mol. The number of carboxylic acid groups (broad SMARTS) is 1. The van der Waals surface area contributed by atoms with Crippen molar-refractivity contribution in [2.75, 3.05) is 6.61 Å². The second-order valence-electron chi connectivity index (χ2n) is 2.97. The van der Waals surface area contributed by atoms with E-state index in [1.165, 1.54) is 4.89 Å². The van der Waals surface area contributed by atoms with Crippen molar-refractivity contribution in [1.29, 1.82) is 0 Å². The molecule has 0 aliphatic carbocycles. The van der Waals surface area contributed by atoms with Gasteiger partial charge in [0.1, 0.15) is 16.5 Å². The van der Waals surface area contributed by atoms with Gasteiger partial charge in [-0.3, -0.25) is 4.84 Å². The summed E-state index contributed by atoms with van der Waals surface area (Å²) in [4.78, 5) is 14.8. The summed E-state index contributed by atoms with van der Waals surface area (Å²) in [5.74, 6) is -3.73. The van der Waals surface area contributed by atoms with E-state index in [1.807, 2.05) is 0 Å². The minimum Gasteiger partial charge on any atom is -0.479 e. The van der Waals surface area contributed by atoms with Crippen molar-refractivity contribution in [2.24, 2.45) is 0 Å². The molecule has 0 saturated heterocycles. The molecular weight excluding hydrogens is 340 g/mol. The average molecular weight is 346 g/mol. The fourth-order valence-electron chi connectivity index (χ4n) is 0.996. The topological polar surface area (TPSA) is 92.7 Å². The minimum absolute atomic E-state index is 0.355. The van der Waals surface area contributed by atoms with E-state index in [1.54, 1.807) is 0 Å². The fraction of sp³-hybridized carbons (Fsp3) is 0.125. The normalized spacial score (nSPS) is 11.5. The lowest BCUT2D eigenvalue weighted by Gasteiger charge is -2.08. The second-order valence-corrected chi connectivity index (χ2v) is 5.40. The molecule has 100 valence electrons. The zero-order valence-corrected chi connectivity index (χ0v) is 10.9. The van der Waals surface area contributed by atoms with E-state index in [0.717, 1.165) is 6.07 Å². The van der Waals surface area contributed by atoms with Crippen LogP contribution >= 0.6 is 15.9 Å². The predicted octanol–water partition coefficient (Wildman–Crippen LogP) is 1.02. The molecule has 0 aliphatic rings. The van der Waals surface area contributed by atoms with Gasteiger partial charge >= 0.3 is 5.97 Å². The molecule has 0 aromatic heterocycles. The highest BCUT2D eigenvalue weighted by atomic mass is 79.9. The van der Waals surface area contributed by atoms with E-state index in [9.17, 15) is 22.0 Å². The van der Waals surface area contributed by atoms with Crippen LogP contribution in [-0.2, 0) is 19.7 Å². The Hall–Kier alpha value is -1.10. The highest BCUT2D eigenvalue weighted by Crippen LogP contribution is 2.25. The summed E-state index contributed by atoms with van der Waals surface area (Å²) in [6, 6.07) is 1.12. The molecule has 1 aromatic rings. The quantitative estimate of drug-likeness (QED) is 0.777. The third-order valence-corrected chi connectivity index (χ3v) is 3.77. The van der Waals surface area contributed by atoms with E-state index in [2.05, 4.69) is 20.8 Å². The molecule has 0 spiro atoms. The van der Waals surface area contributed by atoms with Crippen LogP contribution in [0.4, 0.5) is 8.78 Å². The molecule has 0 radical (unpaired) electrons. The summed E-state index contributed by atoms with van der Waals surface area (Å²) in [7, 11) is -4.46. The molecule has 0 bridgehead atoms. The van der Waals surface area contributed by atoms with E-state index in [0.29, 0.717) is 6.07 Å². The number of carbonyl (C=O) groups is 1. The molecule has 6 nitrogen and oxygen atoms in total. The maximum atomic E-state index is 13.3. The van der Waals surface area contributed by atoms with Gasteiger partial charge in [0, 0.05) is 10.5 Å². The van der Waals surface area contributed by atoms with Crippen molar-refractivity contribution in [3.05, 3.63) is 28.2 Å². The van der Waals surface area contributed by atoms with Crippen LogP contribution in [-0.4, -0.2) is 26.1 Å². The van der Waals surface area contributed by atoms with Crippen LogP contribution in [0.1, 0.15) is 0 Å². The van der Waals surface area contributed by atoms with E-state index in [-0.39, 0.29) is 4.47 Å². The fourth-order valence-corrected chi connectivity index (χ4v) is 2.97. The van der Waals surface area contributed by atoms with Crippen molar-refractivity contribution in [1.82, 2.24) is 4.89 Å².